The first-order valence-electron chi connectivity index (χ1n) is 13.3. The maximum absolute atomic E-state index is 15.9. The Bertz CT molecular complexity index is 1790. The van der Waals surface area contributed by atoms with Crippen LogP contribution in [-0.2, 0) is 6.54 Å². The SMILES string of the molecule is CC1c2cc(F)c(Oc3ncccc3F)cc2OC(=O)N1Cc1ccnc(N=C(c2ccccc2)c2ccccc2)c1F. The Morgan fingerprint density at radius 1 is 0.884 bits per heavy atom. The molecule has 3 aromatic carbocycles. The van der Waals surface area contributed by atoms with Gasteiger partial charge in [0.2, 0.25) is 0 Å². The lowest BCUT2D eigenvalue weighted by atomic mass is 10.0. The van der Waals surface area contributed by atoms with Gasteiger partial charge in [-0.15, -0.1) is 0 Å². The van der Waals surface area contributed by atoms with Crippen molar-refractivity contribution in [2.24, 2.45) is 4.99 Å². The molecule has 1 aliphatic rings. The molecule has 0 saturated heterocycles. The summed E-state index contributed by atoms with van der Waals surface area (Å²) in [6.45, 7) is 1.47. The van der Waals surface area contributed by atoms with Crippen molar-refractivity contribution in [2.75, 3.05) is 0 Å². The molecule has 1 aliphatic heterocycles. The molecule has 1 unspecified atom stereocenters. The smallest absolute Gasteiger partial charge is 0.416 e. The molecule has 2 aromatic heterocycles. The molecule has 3 heterocycles. The lowest BCUT2D eigenvalue weighted by molar-refractivity contribution is 0.116. The average Bonchev–Trinajstić information content (AvgIpc) is 3.02. The van der Waals surface area contributed by atoms with Crippen LogP contribution in [0, 0.1) is 17.5 Å². The summed E-state index contributed by atoms with van der Waals surface area (Å²) < 4.78 is 55.6. The van der Waals surface area contributed by atoms with Crippen LogP contribution in [0.2, 0.25) is 0 Å². The van der Waals surface area contributed by atoms with Gasteiger partial charge in [-0.05, 0) is 31.2 Å². The number of carbonyl (C=O) groups excluding carboxylic acids is 1. The van der Waals surface area contributed by atoms with Gasteiger partial charge in [-0.25, -0.2) is 32.9 Å². The summed E-state index contributed by atoms with van der Waals surface area (Å²) in [4.78, 5) is 26.8. The number of hydrogen-bond acceptors (Lipinski definition) is 6. The molecule has 10 heteroatoms. The number of nitrogens with zero attached hydrogens (tertiary/aromatic N) is 4. The van der Waals surface area contributed by atoms with Gasteiger partial charge < -0.3 is 9.47 Å². The van der Waals surface area contributed by atoms with E-state index in [2.05, 4.69) is 15.0 Å². The van der Waals surface area contributed by atoms with Crippen molar-refractivity contribution in [3.05, 3.63) is 143 Å². The van der Waals surface area contributed by atoms with E-state index < -0.39 is 35.5 Å². The number of halogens is 3. The molecule has 1 atom stereocenters. The zero-order chi connectivity index (χ0) is 29.9. The fraction of sp³-hybridized carbons (Fsp3) is 0.0909. The van der Waals surface area contributed by atoms with Crippen LogP contribution in [-0.4, -0.2) is 26.7 Å². The van der Waals surface area contributed by atoms with Crippen LogP contribution in [0.25, 0.3) is 0 Å². The molecule has 6 rings (SSSR count). The maximum Gasteiger partial charge on any atom is 0.416 e. The van der Waals surface area contributed by atoms with Crippen molar-refractivity contribution in [1.82, 2.24) is 14.9 Å². The second kappa shape index (κ2) is 11.8. The van der Waals surface area contributed by atoms with Crippen LogP contribution in [0.4, 0.5) is 23.8 Å². The topological polar surface area (TPSA) is 76.9 Å². The van der Waals surface area contributed by atoms with Crippen molar-refractivity contribution >= 4 is 17.6 Å². The van der Waals surface area contributed by atoms with Gasteiger partial charge in [0, 0.05) is 40.7 Å². The van der Waals surface area contributed by atoms with Crippen LogP contribution in [0.3, 0.4) is 0 Å². The van der Waals surface area contributed by atoms with Crippen molar-refractivity contribution in [1.29, 1.82) is 0 Å². The number of aliphatic imine (C=N–C) groups is 1. The fourth-order valence-electron chi connectivity index (χ4n) is 4.72. The van der Waals surface area contributed by atoms with E-state index in [0.29, 0.717) is 11.3 Å². The van der Waals surface area contributed by atoms with E-state index in [9.17, 15) is 9.18 Å². The van der Waals surface area contributed by atoms with E-state index in [1.165, 1.54) is 35.5 Å². The molecule has 214 valence electrons. The summed E-state index contributed by atoms with van der Waals surface area (Å²) in [5.41, 5.74) is 2.56. The number of pyridine rings is 2. The molecule has 7 nitrogen and oxygen atoms in total. The first kappa shape index (κ1) is 27.6. The molecule has 0 fully saturated rings. The Balaban J connectivity index is 1.29. The molecule has 0 N–H and O–H groups in total. The number of rotatable bonds is 7. The number of carbonyl (C=O) groups is 1. The molecule has 1 amide bonds. The molecule has 0 aliphatic carbocycles. The summed E-state index contributed by atoms with van der Waals surface area (Å²) in [5.74, 6) is -3.18. The van der Waals surface area contributed by atoms with Crippen LogP contribution < -0.4 is 9.47 Å². The summed E-state index contributed by atoms with van der Waals surface area (Å²) >= 11 is 0. The van der Waals surface area contributed by atoms with E-state index >= 15 is 8.78 Å². The van der Waals surface area contributed by atoms with Gasteiger partial charge in [0.05, 0.1) is 18.3 Å². The van der Waals surface area contributed by atoms with Gasteiger partial charge in [-0.3, -0.25) is 4.90 Å². The van der Waals surface area contributed by atoms with Crippen molar-refractivity contribution in [3.63, 3.8) is 0 Å². The Labute approximate surface area is 244 Å². The standard InChI is InChI=1S/C33H23F3N4O3/c1-20-24-17-26(35)28(42-32-25(34)13-8-15-38-32)18-27(24)43-33(41)40(20)19-23-14-16-37-31(29(23)36)39-30(21-9-4-2-5-10-21)22-11-6-3-7-12-22/h2-18,20H,19H2,1H3. The van der Waals surface area contributed by atoms with E-state index in [0.717, 1.165) is 23.3 Å². The normalized spacial score (nSPS) is 14.1. The molecule has 0 bridgehead atoms. The molecule has 0 spiro atoms. The van der Waals surface area contributed by atoms with Crippen LogP contribution >= 0.6 is 0 Å². The Morgan fingerprint density at radius 3 is 2.26 bits per heavy atom. The molecule has 43 heavy (non-hydrogen) atoms. The van der Waals surface area contributed by atoms with E-state index in [1.54, 1.807) is 6.92 Å². The second-order valence-corrected chi connectivity index (χ2v) is 9.68. The van der Waals surface area contributed by atoms with Crippen molar-refractivity contribution < 1.29 is 27.4 Å². The van der Waals surface area contributed by atoms with E-state index in [-0.39, 0.29) is 29.4 Å². The Kier molecular flexibility index (Phi) is 7.57. The minimum absolute atomic E-state index is 0.0392. The Morgan fingerprint density at radius 2 is 1.58 bits per heavy atom. The number of aromatic nitrogens is 2. The zero-order valence-electron chi connectivity index (χ0n) is 22.7. The first-order valence-corrected chi connectivity index (χ1v) is 13.3. The minimum atomic E-state index is -0.811. The zero-order valence-corrected chi connectivity index (χ0v) is 22.7. The third-order valence-electron chi connectivity index (χ3n) is 6.95. The first-order chi connectivity index (χ1) is 20.9. The highest BCUT2D eigenvalue weighted by atomic mass is 19.1. The molecular formula is C33H23F3N4O3. The van der Waals surface area contributed by atoms with Crippen LogP contribution in [0.1, 0.15) is 35.2 Å². The number of benzene rings is 3. The largest absolute Gasteiger partial charge is 0.433 e. The minimum Gasteiger partial charge on any atom is -0.433 e. The summed E-state index contributed by atoms with van der Waals surface area (Å²) in [6, 6.07) is 24.3. The highest BCUT2D eigenvalue weighted by Gasteiger charge is 2.34. The third-order valence-corrected chi connectivity index (χ3v) is 6.95. The van der Waals surface area contributed by atoms with E-state index in [1.807, 2.05) is 60.7 Å². The summed E-state index contributed by atoms with van der Waals surface area (Å²) in [5, 5.41) is 0. The van der Waals surface area contributed by atoms with Crippen LogP contribution in [0.15, 0.2) is 108 Å². The van der Waals surface area contributed by atoms with Crippen molar-refractivity contribution in [3.8, 4) is 17.4 Å². The van der Waals surface area contributed by atoms with Gasteiger partial charge in [0.25, 0.3) is 5.88 Å². The molecule has 0 radical (unpaired) electrons. The Hall–Kier alpha value is -5.51. The highest BCUT2D eigenvalue weighted by molar-refractivity contribution is 6.13. The lowest BCUT2D eigenvalue weighted by Crippen LogP contribution is -2.39. The summed E-state index contributed by atoms with van der Waals surface area (Å²) in [6.07, 6.45) is 1.93. The van der Waals surface area contributed by atoms with Gasteiger partial charge in [-0.2, -0.15) is 0 Å². The van der Waals surface area contributed by atoms with E-state index in [4.69, 9.17) is 9.47 Å². The highest BCUT2D eigenvalue weighted by Crippen LogP contribution is 2.40. The quantitative estimate of drug-likeness (QED) is 0.183. The van der Waals surface area contributed by atoms with Gasteiger partial charge in [0.15, 0.2) is 29.0 Å². The third kappa shape index (κ3) is 5.67. The van der Waals surface area contributed by atoms with Gasteiger partial charge in [-0.1, -0.05) is 60.7 Å². The second-order valence-electron chi connectivity index (χ2n) is 9.68. The number of amides is 1. The van der Waals surface area contributed by atoms with Crippen molar-refractivity contribution in [2.45, 2.75) is 19.5 Å². The molecule has 0 saturated carbocycles. The molecule has 5 aromatic rings. The van der Waals surface area contributed by atoms with Gasteiger partial charge in [0.1, 0.15) is 5.75 Å². The lowest BCUT2D eigenvalue weighted by Gasteiger charge is -2.34. The predicted molar refractivity (Wildman–Crippen MR) is 153 cm³/mol. The number of ether oxygens (including phenoxy) is 2. The summed E-state index contributed by atoms with van der Waals surface area (Å²) in [7, 11) is 0. The van der Waals surface area contributed by atoms with Gasteiger partial charge >= 0.3 is 6.09 Å². The van der Waals surface area contributed by atoms with Crippen LogP contribution in [0.5, 0.6) is 17.4 Å². The average molecular weight is 581 g/mol. The predicted octanol–water partition coefficient (Wildman–Crippen LogP) is 7.93. The number of fused-ring (bicyclic) bond motifs is 1. The monoisotopic (exact) mass is 580 g/mol. The maximum atomic E-state index is 15.9. The molecular weight excluding hydrogens is 557 g/mol. The number of hydrogen-bond donors (Lipinski definition) is 0. The fourth-order valence-corrected chi connectivity index (χ4v) is 4.72.